The molecule has 4 rings (SSSR count). The Morgan fingerprint density at radius 3 is 2.08 bits per heavy atom. The topological polar surface area (TPSA) is 3.24 Å². The molecule has 26 heavy (non-hydrogen) atoms. The van der Waals surface area contributed by atoms with Gasteiger partial charge in [-0.05, 0) is 60.0 Å². The van der Waals surface area contributed by atoms with Crippen LogP contribution in [-0.4, -0.2) is 6.04 Å². The molecule has 0 aliphatic carbocycles. The first-order valence-corrected chi connectivity index (χ1v) is 9.16. The van der Waals surface area contributed by atoms with E-state index >= 15 is 0 Å². The summed E-state index contributed by atoms with van der Waals surface area (Å²) in [6.07, 6.45) is 0. The molecule has 4 aromatic rings. The molecule has 0 spiro atoms. The van der Waals surface area contributed by atoms with Crippen molar-refractivity contribution < 1.29 is 0 Å². The highest BCUT2D eigenvalue weighted by Gasteiger charge is 2.14. The number of nitrogens with zero attached hydrogens (tertiary/aromatic N) is 1. The molecule has 1 nitrogen and oxygen atoms in total. The Bertz CT molecular complexity index is 1010. The summed E-state index contributed by atoms with van der Waals surface area (Å²) in [7, 11) is 0. The second-order valence-electron chi connectivity index (χ2n) is 6.88. The average molecular weight is 337 g/mol. The van der Waals surface area contributed by atoms with Crippen LogP contribution in [0.3, 0.4) is 0 Å². The van der Waals surface area contributed by atoms with Gasteiger partial charge in [-0.3, -0.25) is 0 Å². The molecule has 1 heteroatoms. The molecule has 0 radical (unpaired) electrons. The molecule has 0 aromatic heterocycles. The number of hydrogen-bond acceptors (Lipinski definition) is 1. The third kappa shape index (κ3) is 3.09. The van der Waals surface area contributed by atoms with Crippen LogP contribution in [0.4, 0.5) is 11.4 Å². The Morgan fingerprint density at radius 1 is 0.615 bits per heavy atom. The van der Waals surface area contributed by atoms with E-state index in [1.807, 2.05) is 0 Å². The molecular formula is C25H23N. The number of hydrogen-bond donors (Lipinski definition) is 0. The van der Waals surface area contributed by atoms with Gasteiger partial charge < -0.3 is 4.90 Å². The first kappa shape index (κ1) is 16.4. The number of para-hydroxylation sites is 1. The molecule has 0 aliphatic heterocycles. The molecule has 0 saturated heterocycles. The Balaban J connectivity index is 1.84. The number of rotatable bonds is 4. The van der Waals surface area contributed by atoms with Crippen molar-refractivity contribution >= 4 is 22.1 Å². The van der Waals surface area contributed by atoms with Crippen LogP contribution in [0.2, 0.25) is 0 Å². The molecule has 128 valence electrons. The van der Waals surface area contributed by atoms with Gasteiger partial charge in [0.2, 0.25) is 0 Å². The molecule has 0 bridgehead atoms. The predicted octanol–water partition coefficient (Wildman–Crippen LogP) is 7.05. The lowest BCUT2D eigenvalue weighted by Crippen LogP contribution is -2.25. The Kier molecular flexibility index (Phi) is 4.45. The van der Waals surface area contributed by atoms with Crippen LogP contribution in [0.1, 0.15) is 13.8 Å². The zero-order valence-electron chi connectivity index (χ0n) is 15.3. The Labute approximate surface area is 155 Å². The van der Waals surface area contributed by atoms with Crippen LogP contribution in [0.25, 0.3) is 21.9 Å². The number of benzene rings is 4. The van der Waals surface area contributed by atoms with Crippen LogP contribution < -0.4 is 4.90 Å². The van der Waals surface area contributed by atoms with Crippen LogP contribution >= 0.6 is 0 Å². The third-order valence-electron chi connectivity index (χ3n) is 4.78. The van der Waals surface area contributed by atoms with E-state index < -0.39 is 0 Å². The van der Waals surface area contributed by atoms with Crippen molar-refractivity contribution in [2.24, 2.45) is 0 Å². The Hall–Kier alpha value is -3.06. The van der Waals surface area contributed by atoms with Gasteiger partial charge in [0.05, 0.1) is 0 Å². The molecular weight excluding hydrogens is 314 g/mol. The lowest BCUT2D eigenvalue weighted by Gasteiger charge is -2.29. The van der Waals surface area contributed by atoms with Gasteiger partial charge in [-0.1, -0.05) is 72.8 Å². The zero-order chi connectivity index (χ0) is 17.9. The van der Waals surface area contributed by atoms with Gasteiger partial charge in [0.15, 0.2) is 0 Å². The monoisotopic (exact) mass is 337 g/mol. The standard InChI is InChI=1S/C25H23N/c1-19(2)26(22-13-4-3-5-14-22)23-15-8-12-21(18-23)25-17-9-11-20-10-6-7-16-24(20)25/h3-19H,1-2H3. The third-order valence-corrected chi connectivity index (χ3v) is 4.78. The highest BCUT2D eigenvalue weighted by molar-refractivity contribution is 5.97. The highest BCUT2D eigenvalue weighted by Crippen LogP contribution is 2.34. The Morgan fingerprint density at radius 2 is 1.27 bits per heavy atom. The first-order chi connectivity index (χ1) is 12.7. The second-order valence-corrected chi connectivity index (χ2v) is 6.88. The molecule has 0 fully saturated rings. The van der Waals surface area contributed by atoms with Gasteiger partial charge >= 0.3 is 0 Å². The lowest BCUT2D eigenvalue weighted by molar-refractivity contribution is 0.789. The summed E-state index contributed by atoms with van der Waals surface area (Å²) in [6, 6.07) is 34.9. The summed E-state index contributed by atoms with van der Waals surface area (Å²) >= 11 is 0. The smallest absolute Gasteiger partial charge is 0.0419 e. The largest absolute Gasteiger partial charge is 0.339 e. The fourth-order valence-electron chi connectivity index (χ4n) is 3.63. The molecule has 0 unspecified atom stereocenters. The van der Waals surface area contributed by atoms with E-state index in [0.29, 0.717) is 6.04 Å². The molecule has 0 N–H and O–H groups in total. The van der Waals surface area contributed by atoms with Crippen LogP contribution in [0.5, 0.6) is 0 Å². The minimum Gasteiger partial charge on any atom is -0.339 e. The first-order valence-electron chi connectivity index (χ1n) is 9.16. The van der Waals surface area contributed by atoms with Gasteiger partial charge in [-0.15, -0.1) is 0 Å². The lowest BCUT2D eigenvalue weighted by atomic mass is 9.97. The molecule has 0 atom stereocenters. The van der Waals surface area contributed by atoms with Crippen LogP contribution in [0, 0.1) is 0 Å². The summed E-state index contributed by atoms with van der Waals surface area (Å²) < 4.78 is 0. The minimum absolute atomic E-state index is 0.375. The van der Waals surface area contributed by atoms with Gasteiger partial charge in [-0.2, -0.15) is 0 Å². The molecule has 4 aromatic carbocycles. The summed E-state index contributed by atoms with van der Waals surface area (Å²) in [5.41, 5.74) is 4.97. The summed E-state index contributed by atoms with van der Waals surface area (Å²) in [4.78, 5) is 2.38. The normalized spacial score (nSPS) is 11.0. The van der Waals surface area contributed by atoms with E-state index in [4.69, 9.17) is 0 Å². The van der Waals surface area contributed by atoms with Crippen molar-refractivity contribution in [2.75, 3.05) is 4.90 Å². The highest BCUT2D eigenvalue weighted by atomic mass is 15.2. The second kappa shape index (κ2) is 7.05. The van der Waals surface area contributed by atoms with Crippen LogP contribution in [-0.2, 0) is 0 Å². The maximum atomic E-state index is 2.38. The quantitative estimate of drug-likeness (QED) is 0.385. The number of fused-ring (bicyclic) bond motifs is 1. The molecule has 0 saturated carbocycles. The fraction of sp³-hybridized carbons (Fsp3) is 0.120. The van der Waals surface area contributed by atoms with Crippen molar-refractivity contribution in [1.82, 2.24) is 0 Å². The van der Waals surface area contributed by atoms with Crippen molar-refractivity contribution in [3.05, 3.63) is 97.1 Å². The average Bonchev–Trinajstić information content (AvgIpc) is 2.68. The van der Waals surface area contributed by atoms with Crippen molar-refractivity contribution in [3.63, 3.8) is 0 Å². The van der Waals surface area contributed by atoms with Crippen LogP contribution in [0.15, 0.2) is 97.1 Å². The molecule has 0 heterocycles. The van der Waals surface area contributed by atoms with E-state index in [9.17, 15) is 0 Å². The zero-order valence-corrected chi connectivity index (χ0v) is 15.3. The van der Waals surface area contributed by atoms with Gasteiger partial charge in [0.25, 0.3) is 0 Å². The van der Waals surface area contributed by atoms with Gasteiger partial charge in [0.1, 0.15) is 0 Å². The SMILES string of the molecule is CC(C)N(c1ccccc1)c1cccc(-c2cccc3ccccc23)c1. The van der Waals surface area contributed by atoms with E-state index in [1.54, 1.807) is 0 Å². The van der Waals surface area contributed by atoms with E-state index in [0.717, 1.165) is 0 Å². The summed E-state index contributed by atoms with van der Waals surface area (Å²) in [6.45, 7) is 4.47. The fourth-order valence-corrected chi connectivity index (χ4v) is 3.63. The van der Waals surface area contributed by atoms with Crippen molar-refractivity contribution in [2.45, 2.75) is 19.9 Å². The van der Waals surface area contributed by atoms with Crippen molar-refractivity contribution in [3.8, 4) is 11.1 Å². The number of anilines is 2. The van der Waals surface area contributed by atoms with Gasteiger partial charge in [0, 0.05) is 17.4 Å². The summed E-state index contributed by atoms with van der Waals surface area (Å²) in [5.74, 6) is 0. The van der Waals surface area contributed by atoms with E-state index in [-0.39, 0.29) is 0 Å². The van der Waals surface area contributed by atoms with Gasteiger partial charge in [-0.25, -0.2) is 0 Å². The van der Waals surface area contributed by atoms with E-state index in [2.05, 4.69) is 116 Å². The molecule has 0 aliphatic rings. The van der Waals surface area contributed by atoms with E-state index in [1.165, 1.54) is 33.3 Å². The maximum Gasteiger partial charge on any atom is 0.0419 e. The maximum absolute atomic E-state index is 2.38. The molecule has 0 amide bonds. The minimum atomic E-state index is 0.375. The predicted molar refractivity (Wildman–Crippen MR) is 113 cm³/mol. The summed E-state index contributed by atoms with van der Waals surface area (Å²) in [5, 5.41) is 2.57. The van der Waals surface area contributed by atoms with Crippen molar-refractivity contribution in [1.29, 1.82) is 0 Å².